The summed E-state index contributed by atoms with van der Waals surface area (Å²) in [6, 6.07) is 0. The van der Waals surface area contributed by atoms with Crippen LogP contribution >= 0.6 is 0 Å². The van der Waals surface area contributed by atoms with Crippen molar-refractivity contribution in [3.05, 3.63) is 24.3 Å². The van der Waals surface area contributed by atoms with Gasteiger partial charge in [-0.3, -0.25) is 0 Å². The van der Waals surface area contributed by atoms with E-state index in [4.69, 9.17) is 0 Å². The lowest BCUT2D eigenvalue weighted by molar-refractivity contribution is 0.208. The molecular weight excluding hydrogens is 424 g/mol. The minimum absolute atomic E-state index is 0.308. The lowest BCUT2D eigenvalue weighted by Gasteiger charge is -2.37. The van der Waals surface area contributed by atoms with E-state index < -0.39 is 0 Å². The Morgan fingerprint density at radius 3 is 1.57 bits per heavy atom. The zero-order valence-corrected chi connectivity index (χ0v) is 24.6. The van der Waals surface area contributed by atoms with Gasteiger partial charge in [0.25, 0.3) is 0 Å². The predicted molar refractivity (Wildman–Crippen MR) is 156 cm³/mol. The SMILES string of the molecule is CCCCCCCCCCCCCCCCC(CCC)CC(c1cncnc1)C(C)(C)CCCC. The van der Waals surface area contributed by atoms with Crippen LogP contribution < -0.4 is 0 Å². The maximum Gasteiger partial charge on any atom is 0.115 e. The van der Waals surface area contributed by atoms with Crippen LogP contribution in [-0.2, 0) is 0 Å². The summed E-state index contributed by atoms with van der Waals surface area (Å²) in [6.07, 6.45) is 35.3. The maximum absolute atomic E-state index is 4.38. The van der Waals surface area contributed by atoms with E-state index >= 15 is 0 Å². The highest BCUT2D eigenvalue weighted by atomic mass is 14.8. The van der Waals surface area contributed by atoms with Crippen molar-refractivity contribution in [2.24, 2.45) is 11.3 Å². The van der Waals surface area contributed by atoms with Crippen LogP contribution in [0.15, 0.2) is 18.7 Å². The van der Waals surface area contributed by atoms with Gasteiger partial charge in [-0.05, 0) is 35.7 Å². The van der Waals surface area contributed by atoms with Gasteiger partial charge in [0.2, 0.25) is 0 Å². The predicted octanol–water partition coefficient (Wildman–Crippen LogP) is 11.5. The standard InChI is InChI=1S/C33H62N2/c1-6-9-11-12-13-14-15-16-17-18-19-20-21-22-24-30(23-8-3)26-32(31-27-34-29-35-28-31)33(4,5)25-10-7-2/h27-30,32H,6-26H2,1-5H3. The lowest BCUT2D eigenvalue weighted by atomic mass is 9.68. The first-order valence-corrected chi connectivity index (χ1v) is 15.8. The van der Waals surface area contributed by atoms with Crippen molar-refractivity contribution in [1.82, 2.24) is 9.97 Å². The Hall–Kier alpha value is -0.920. The van der Waals surface area contributed by atoms with Gasteiger partial charge in [0.1, 0.15) is 6.33 Å². The second-order valence-electron chi connectivity index (χ2n) is 12.1. The second kappa shape index (κ2) is 21.2. The van der Waals surface area contributed by atoms with Crippen LogP contribution in [0.3, 0.4) is 0 Å². The highest BCUT2D eigenvalue weighted by Crippen LogP contribution is 2.44. The monoisotopic (exact) mass is 486 g/mol. The highest BCUT2D eigenvalue weighted by Gasteiger charge is 2.32. The Morgan fingerprint density at radius 2 is 1.09 bits per heavy atom. The van der Waals surface area contributed by atoms with Gasteiger partial charge < -0.3 is 0 Å². The first-order chi connectivity index (χ1) is 17.0. The molecule has 35 heavy (non-hydrogen) atoms. The molecule has 0 saturated heterocycles. The lowest BCUT2D eigenvalue weighted by Crippen LogP contribution is -2.25. The molecule has 0 aliphatic carbocycles. The molecule has 0 fully saturated rings. The quantitative estimate of drug-likeness (QED) is 0.136. The van der Waals surface area contributed by atoms with Crippen LogP contribution in [0.1, 0.15) is 181 Å². The van der Waals surface area contributed by atoms with Gasteiger partial charge in [-0.15, -0.1) is 0 Å². The van der Waals surface area contributed by atoms with Crippen LogP contribution in [-0.4, -0.2) is 9.97 Å². The van der Waals surface area contributed by atoms with Gasteiger partial charge in [-0.1, -0.05) is 157 Å². The molecule has 204 valence electrons. The molecule has 0 aliphatic rings. The van der Waals surface area contributed by atoms with Gasteiger partial charge in [-0.2, -0.15) is 0 Å². The van der Waals surface area contributed by atoms with Crippen molar-refractivity contribution in [3.63, 3.8) is 0 Å². The van der Waals surface area contributed by atoms with E-state index in [9.17, 15) is 0 Å². The van der Waals surface area contributed by atoms with Crippen LogP contribution in [0.2, 0.25) is 0 Å². The summed E-state index contributed by atoms with van der Waals surface area (Å²) in [5.41, 5.74) is 1.66. The molecule has 2 atom stereocenters. The van der Waals surface area contributed by atoms with Gasteiger partial charge in [0, 0.05) is 12.4 Å². The topological polar surface area (TPSA) is 25.8 Å². The molecule has 1 heterocycles. The molecule has 0 amide bonds. The van der Waals surface area contributed by atoms with E-state index in [1.807, 2.05) is 0 Å². The Morgan fingerprint density at radius 1 is 0.600 bits per heavy atom. The zero-order chi connectivity index (χ0) is 25.6. The molecular formula is C33H62N2. The van der Waals surface area contributed by atoms with Crippen molar-refractivity contribution < 1.29 is 0 Å². The third-order valence-corrected chi connectivity index (χ3v) is 8.33. The minimum atomic E-state index is 0.308. The van der Waals surface area contributed by atoms with Crippen LogP contribution in [0.25, 0.3) is 0 Å². The average molecular weight is 487 g/mol. The second-order valence-corrected chi connectivity index (χ2v) is 12.1. The summed E-state index contributed by atoms with van der Waals surface area (Å²) in [7, 11) is 0. The molecule has 1 aromatic heterocycles. The van der Waals surface area contributed by atoms with Crippen LogP contribution in [0.4, 0.5) is 0 Å². The Balaban J connectivity index is 2.31. The van der Waals surface area contributed by atoms with Crippen LogP contribution in [0, 0.1) is 11.3 Å². The minimum Gasteiger partial charge on any atom is -0.245 e. The molecule has 0 aromatic carbocycles. The van der Waals surface area contributed by atoms with Crippen molar-refractivity contribution in [3.8, 4) is 0 Å². The molecule has 0 aliphatic heterocycles. The molecule has 1 aromatic rings. The van der Waals surface area contributed by atoms with E-state index in [1.165, 1.54) is 140 Å². The fourth-order valence-corrected chi connectivity index (χ4v) is 5.95. The molecule has 2 nitrogen and oxygen atoms in total. The van der Waals surface area contributed by atoms with E-state index in [0.717, 1.165) is 5.92 Å². The van der Waals surface area contributed by atoms with Crippen LogP contribution in [0.5, 0.6) is 0 Å². The molecule has 0 N–H and O–H groups in total. The van der Waals surface area contributed by atoms with E-state index in [1.54, 1.807) is 6.33 Å². The normalized spacial score (nSPS) is 13.7. The number of rotatable bonds is 24. The molecule has 0 radical (unpaired) electrons. The molecule has 2 heteroatoms. The average Bonchev–Trinajstić information content (AvgIpc) is 2.86. The maximum atomic E-state index is 4.38. The summed E-state index contributed by atoms with van der Waals surface area (Å²) < 4.78 is 0. The highest BCUT2D eigenvalue weighted by molar-refractivity contribution is 5.14. The molecule has 0 saturated carbocycles. The zero-order valence-electron chi connectivity index (χ0n) is 24.6. The summed E-state index contributed by atoms with van der Waals surface area (Å²) in [5.74, 6) is 1.40. The van der Waals surface area contributed by atoms with E-state index in [-0.39, 0.29) is 0 Å². The first-order valence-electron chi connectivity index (χ1n) is 15.8. The summed E-state index contributed by atoms with van der Waals surface area (Å²) in [6.45, 7) is 11.9. The summed E-state index contributed by atoms with van der Waals surface area (Å²) >= 11 is 0. The van der Waals surface area contributed by atoms with Gasteiger partial charge in [0.05, 0.1) is 0 Å². The number of hydrogen-bond donors (Lipinski definition) is 0. The Bertz CT molecular complexity index is 568. The molecule has 0 bridgehead atoms. The summed E-state index contributed by atoms with van der Waals surface area (Å²) in [5, 5.41) is 0. The largest absolute Gasteiger partial charge is 0.245 e. The molecule has 1 rings (SSSR count). The van der Waals surface area contributed by atoms with Gasteiger partial charge in [-0.25, -0.2) is 9.97 Å². The summed E-state index contributed by atoms with van der Waals surface area (Å²) in [4.78, 5) is 8.77. The Kier molecular flexibility index (Phi) is 19.4. The first kappa shape index (κ1) is 32.1. The Labute approximate surface area is 220 Å². The number of unbranched alkanes of at least 4 members (excludes halogenated alkanes) is 14. The fourth-order valence-electron chi connectivity index (χ4n) is 5.95. The fraction of sp³-hybridized carbons (Fsp3) is 0.879. The smallest absolute Gasteiger partial charge is 0.115 e. The molecule has 0 spiro atoms. The third kappa shape index (κ3) is 15.7. The van der Waals surface area contributed by atoms with Crippen molar-refractivity contribution in [2.45, 2.75) is 175 Å². The van der Waals surface area contributed by atoms with E-state index in [0.29, 0.717) is 11.3 Å². The van der Waals surface area contributed by atoms with Crippen molar-refractivity contribution in [2.75, 3.05) is 0 Å². The third-order valence-electron chi connectivity index (χ3n) is 8.33. The van der Waals surface area contributed by atoms with E-state index in [2.05, 4.69) is 57.0 Å². The van der Waals surface area contributed by atoms with Gasteiger partial charge in [0.15, 0.2) is 0 Å². The van der Waals surface area contributed by atoms with Crippen molar-refractivity contribution >= 4 is 0 Å². The number of hydrogen-bond acceptors (Lipinski definition) is 2. The number of aromatic nitrogens is 2. The van der Waals surface area contributed by atoms with Crippen molar-refractivity contribution in [1.29, 1.82) is 0 Å². The molecule has 2 unspecified atom stereocenters. The van der Waals surface area contributed by atoms with Gasteiger partial charge >= 0.3 is 0 Å². The number of nitrogens with zero attached hydrogens (tertiary/aromatic N) is 2.